The van der Waals surface area contributed by atoms with Gasteiger partial charge in [0.15, 0.2) is 0 Å². The molecule has 3 heteroatoms. The van der Waals surface area contributed by atoms with Crippen LogP contribution in [0, 0.1) is 5.92 Å². The molecule has 2 heterocycles. The molecule has 0 N–H and O–H groups in total. The van der Waals surface area contributed by atoms with Crippen LogP contribution in [-0.2, 0) is 9.53 Å². The molecule has 2 rings (SSSR count). The van der Waals surface area contributed by atoms with Gasteiger partial charge in [0.05, 0.1) is 12.6 Å². The summed E-state index contributed by atoms with van der Waals surface area (Å²) >= 11 is 0. The van der Waals surface area contributed by atoms with Gasteiger partial charge in [-0.05, 0) is 31.7 Å². The Morgan fingerprint density at radius 3 is 3.00 bits per heavy atom. The van der Waals surface area contributed by atoms with E-state index in [9.17, 15) is 4.79 Å². The summed E-state index contributed by atoms with van der Waals surface area (Å²) in [5, 5.41) is 0. The van der Waals surface area contributed by atoms with Gasteiger partial charge in [0.2, 0.25) is 0 Å². The number of piperidine rings is 1. The molecule has 2 aliphatic heterocycles. The lowest BCUT2D eigenvalue weighted by Gasteiger charge is -2.33. The van der Waals surface area contributed by atoms with E-state index in [1.165, 1.54) is 19.3 Å². The number of hydrogen-bond acceptors (Lipinski definition) is 3. The molecule has 2 unspecified atom stereocenters. The van der Waals surface area contributed by atoms with Gasteiger partial charge in [-0.3, -0.25) is 4.90 Å². The van der Waals surface area contributed by atoms with Gasteiger partial charge in [-0.15, -0.1) is 0 Å². The topological polar surface area (TPSA) is 29.5 Å². The van der Waals surface area contributed by atoms with Gasteiger partial charge >= 0.3 is 0 Å². The maximum atomic E-state index is 10.9. The quantitative estimate of drug-likeness (QED) is 0.634. The Balaban J connectivity index is 1.83. The predicted molar refractivity (Wildman–Crippen MR) is 54.2 cm³/mol. The Bertz CT molecular complexity index is 190. The molecule has 2 fully saturated rings. The molecule has 80 valence electrons. The second-order valence-corrected chi connectivity index (χ2v) is 4.42. The van der Waals surface area contributed by atoms with Gasteiger partial charge in [0, 0.05) is 13.2 Å². The zero-order valence-corrected chi connectivity index (χ0v) is 8.65. The molecule has 0 saturated carbocycles. The van der Waals surface area contributed by atoms with Crippen LogP contribution >= 0.6 is 0 Å². The number of carbonyl (C=O) groups is 1. The average molecular weight is 197 g/mol. The van der Waals surface area contributed by atoms with E-state index in [0.717, 1.165) is 39.0 Å². The van der Waals surface area contributed by atoms with Gasteiger partial charge in [0.1, 0.15) is 6.29 Å². The Morgan fingerprint density at radius 1 is 1.36 bits per heavy atom. The second-order valence-electron chi connectivity index (χ2n) is 4.42. The summed E-state index contributed by atoms with van der Waals surface area (Å²) in [4.78, 5) is 13.2. The third-order valence-corrected chi connectivity index (χ3v) is 3.34. The zero-order valence-electron chi connectivity index (χ0n) is 8.65. The summed E-state index contributed by atoms with van der Waals surface area (Å²) in [6, 6.07) is 0.185. The number of likely N-dealkylation sites (tertiary alicyclic amines) is 1. The number of aldehydes is 1. The SMILES string of the molecule is O=CC1CCCCN1CC1CCOC1. The lowest BCUT2D eigenvalue weighted by Crippen LogP contribution is -2.43. The van der Waals surface area contributed by atoms with Crippen LogP contribution in [0.3, 0.4) is 0 Å². The number of carbonyl (C=O) groups excluding carboxylic acids is 1. The average Bonchev–Trinajstić information content (AvgIpc) is 2.71. The van der Waals surface area contributed by atoms with E-state index in [4.69, 9.17) is 4.74 Å². The van der Waals surface area contributed by atoms with Crippen LogP contribution in [0.2, 0.25) is 0 Å². The van der Waals surface area contributed by atoms with Crippen molar-refractivity contribution in [1.29, 1.82) is 0 Å². The maximum absolute atomic E-state index is 10.9. The highest BCUT2D eigenvalue weighted by atomic mass is 16.5. The van der Waals surface area contributed by atoms with Crippen LogP contribution in [0.1, 0.15) is 25.7 Å². The van der Waals surface area contributed by atoms with Crippen molar-refractivity contribution < 1.29 is 9.53 Å². The molecule has 14 heavy (non-hydrogen) atoms. The fourth-order valence-corrected chi connectivity index (χ4v) is 2.46. The summed E-state index contributed by atoms with van der Waals surface area (Å²) in [5.41, 5.74) is 0. The Kier molecular flexibility index (Phi) is 3.54. The smallest absolute Gasteiger partial charge is 0.137 e. The first kappa shape index (κ1) is 10.1. The molecule has 0 aliphatic carbocycles. The molecule has 0 spiro atoms. The van der Waals surface area contributed by atoms with E-state index >= 15 is 0 Å². The highest BCUT2D eigenvalue weighted by Gasteiger charge is 2.26. The van der Waals surface area contributed by atoms with Crippen LogP contribution in [0.25, 0.3) is 0 Å². The largest absolute Gasteiger partial charge is 0.381 e. The van der Waals surface area contributed by atoms with Crippen molar-refractivity contribution in [3.8, 4) is 0 Å². The molecule has 2 aliphatic rings. The number of rotatable bonds is 3. The fraction of sp³-hybridized carbons (Fsp3) is 0.909. The molecule has 0 amide bonds. The Morgan fingerprint density at radius 2 is 2.29 bits per heavy atom. The van der Waals surface area contributed by atoms with E-state index in [1.54, 1.807) is 0 Å². The molecule has 0 aromatic heterocycles. The minimum absolute atomic E-state index is 0.185. The lowest BCUT2D eigenvalue weighted by molar-refractivity contribution is -0.113. The lowest BCUT2D eigenvalue weighted by atomic mass is 10.0. The van der Waals surface area contributed by atoms with Crippen LogP contribution in [-0.4, -0.2) is 43.5 Å². The zero-order chi connectivity index (χ0) is 9.80. The molecule has 0 aromatic rings. The first-order valence-corrected chi connectivity index (χ1v) is 5.67. The van der Waals surface area contributed by atoms with Gasteiger partial charge < -0.3 is 9.53 Å². The molecule has 2 atom stereocenters. The summed E-state index contributed by atoms with van der Waals surface area (Å²) < 4.78 is 5.35. The monoisotopic (exact) mass is 197 g/mol. The summed E-state index contributed by atoms with van der Waals surface area (Å²) in [7, 11) is 0. The van der Waals surface area contributed by atoms with Crippen molar-refractivity contribution in [1.82, 2.24) is 4.90 Å². The highest BCUT2D eigenvalue weighted by Crippen LogP contribution is 2.20. The molecule has 0 radical (unpaired) electrons. The summed E-state index contributed by atoms with van der Waals surface area (Å²) in [6.45, 7) is 3.95. The van der Waals surface area contributed by atoms with Crippen molar-refractivity contribution in [2.75, 3.05) is 26.3 Å². The van der Waals surface area contributed by atoms with Crippen molar-refractivity contribution >= 4 is 6.29 Å². The van der Waals surface area contributed by atoms with Gasteiger partial charge in [-0.25, -0.2) is 0 Å². The van der Waals surface area contributed by atoms with Crippen molar-refractivity contribution in [2.24, 2.45) is 5.92 Å². The Hall–Kier alpha value is -0.410. The third-order valence-electron chi connectivity index (χ3n) is 3.34. The van der Waals surface area contributed by atoms with E-state index in [2.05, 4.69) is 4.90 Å². The number of ether oxygens (including phenoxy) is 1. The van der Waals surface area contributed by atoms with E-state index in [0.29, 0.717) is 5.92 Å². The number of hydrogen-bond donors (Lipinski definition) is 0. The van der Waals surface area contributed by atoms with E-state index < -0.39 is 0 Å². The summed E-state index contributed by atoms with van der Waals surface area (Å²) in [5.74, 6) is 0.663. The fourth-order valence-electron chi connectivity index (χ4n) is 2.46. The minimum Gasteiger partial charge on any atom is -0.381 e. The maximum Gasteiger partial charge on any atom is 0.137 e. The Labute approximate surface area is 85.4 Å². The van der Waals surface area contributed by atoms with Gasteiger partial charge in [-0.2, -0.15) is 0 Å². The van der Waals surface area contributed by atoms with E-state index in [1.807, 2.05) is 0 Å². The molecular formula is C11H19NO2. The third kappa shape index (κ3) is 2.34. The second kappa shape index (κ2) is 4.89. The molecule has 3 nitrogen and oxygen atoms in total. The van der Waals surface area contributed by atoms with Crippen molar-refractivity contribution in [3.05, 3.63) is 0 Å². The summed E-state index contributed by atoms with van der Waals surface area (Å²) in [6.07, 6.45) is 5.80. The van der Waals surface area contributed by atoms with E-state index in [-0.39, 0.29) is 6.04 Å². The first-order chi connectivity index (χ1) is 6.90. The highest BCUT2D eigenvalue weighted by molar-refractivity contribution is 5.57. The standard InChI is InChI=1S/C11H19NO2/c13-8-11-3-1-2-5-12(11)7-10-4-6-14-9-10/h8,10-11H,1-7,9H2. The predicted octanol–water partition coefficient (Wildman–Crippen LogP) is 1.08. The first-order valence-electron chi connectivity index (χ1n) is 5.67. The van der Waals surface area contributed by atoms with Crippen LogP contribution in [0.4, 0.5) is 0 Å². The molecular weight excluding hydrogens is 178 g/mol. The molecule has 2 saturated heterocycles. The van der Waals surface area contributed by atoms with Crippen LogP contribution in [0.15, 0.2) is 0 Å². The minimum atomic E-state index is 0.185. The van der Waals surface area contributed by atoms with Gasteiger partial charge in [0.25, 0.3) is 0 Å². The van der Waals surface area contributed by atoms with Gasteiger partial charge in [-0.1, -0.05) is 6.42 Å². The van der Waals surface area contributed by atoms with Crippen LogP contribution < -0.4 is 0 Å². The molecule has 0 aromatic carbocycles. The van der Waals surface area contributed by atoms with Crippen molar-refractivity contribution in [2.45, 2.75) is 31.7 Å². The number of nitrogens with zero attached hydrogens (tertiary/aromatic N) is 1. The van der Waals surface area contributed by atoms with Crippen LogP contribution in [0.5, 0.6) is 0 Å². The normalized spacial score (nSPS) is 34.6. The van der Waals surface area contributed by atoms with Crippen molar-refractivity contribution in [3.63, 3.8) is 0 Å². The molecule has 0 bridgehead atoms.